The van der Waals surface area contributed by atoms with Crippen LogP contribution in [-0.4, -0.2) is 53.2 Å². The van der Waals surface area contributed by atoms with Gasteiger partial charge >= 0.3 is 0 Å². The van der Waals surface area contributed by atoms with Crippen molar-refractivity contribution in [2.45, 2.75) is 23.3 Å². The summed E-state index contributed by atoms with van der Waals surface area (Å²) in [6.07, 6.45) is 1.20. The van der Waals surface area contributed by atoms with E-state index in [2.05, 4.69) is 15.4 Å². The average molecular weight is 378 g/mol. The van der Waals surface area contributed by atoms with Crippen molar-refractivity contribution in [2.75, 3.05) is 33.3 Å². The fourth-order valence-electron chi connectivity index (χ4n) is 2.56. The first kappa shape index (κ1) is 20.9. The Bertz CT molecular complexity index is 619. The zero-order chi connectivity index (χ0) is 16.8. The molecule has 0 radical (unpaired) electrons. The van der Waals surface area contributed by atoms with Gasteiger partial charge in [-0.2, -0.15) is 0 Å². The van der Waals surface area contributed by atoms with E-state index < -0.39 is 15.6 Å². The lowest BCUT2D eigenvalue weighted by Gasteiger charge is -2.34. The smallest absolute Gasteiger partial charge is 0.252 e. The maximum atomic E-state index is 12.3. The molecule has 0 spiro atoms. The van der Waals surface area contributed by atoms with E-state index in [4.69, 9.17) is 4.74 Å². The van der Waals surface area contributed by atoms with Crippen molar-refractivity contribution in [2.24, 2.45) is 0 Å². The van der Waals surface area contributed by atoms with Crippen LogP contribution in [0, 0.1) is 0 Å². The topological polar surface area (TPSA) is 96.5 Å². The second-order valence-electron chi connectivity index (χ2n) is 5.42. The molecule has 0 saturated carbocycles. The molecule has 1 amide bonds. The highest BCUT2D eigenvalue weighted by Gasteiger charge is 2.39. The van der Waals surface area contributed by atoms with Crippen molar-refractivity contribution in [1.82, 2.24) is 15.4 Å². The van der Waals surface area contributed by atoms with Crippen molar-refractivity contribution in [1.29, 1.82) is 0 Å². The quantitative estimate of drug-likeness (QED) is 0.593. The number of amides is 1. The molecule has 9 heteroatoms. The Morgan fingerprint density at radius 2 is 1.83 bits per heavy atom. The second-order valence-corrected chi connectivity index (χ2v) is 7.18. The van der Waals surface area contributed by atoms with E-state index in [-0.39, 0.29) is 36.3 Å². The lowest BCUT2D eigenvalue weighted by atomic mass is 9.91. The molecule has 136 valence electrons. The molecule has 1 fully saturated rings. The first-order valence-corrected chi connectivity index (χ1v) is 9.07. The van der Waals surface area contributed by atoms with Gasteiger partial charge in [0.2, 0.25) is 10.0 Å². The zero-order valence-electron chi connectivity index (χ0n) is 13.6. The molecule has 0 unspecified atom stereocenters. The molecule has 1 aliphatic rings. The highest BCUT2D eigenvalue weighted by Crippen LogP contribution is 2.22. The van der Waals surface area contributed by atoms with Gasteiger partial charge in [0.25, 0.3) is 5.91 Å². The Labute approximate surface area is 149 Å². The Morgan fingerprint density at radius 1 is 1.21 bits per heavy atom. The van der Waals surface area contributed by atoms with Crippen LogP contribution in [0.5, 0.6) is 0 Å². The SMILES string of the molecule is COC1(C(=O)NCCNS(=O)(=O)c2ccccc2)CCNCC1.Cl. The van der Waals surface area contributed by atoms with Gasteiger partial charge in [-0.15, -0.1) is 12.4 Å². The van der Waals surface area contributed by atoms with Crippen LogP contribution in [0.2, 0.25) is 0 Å². The molecule has 24 heavy (non-hydrogen) atoms. The van der Waals surface area contributed by atoms with Crippen molar-refractivity contribution < 1.29 is 17.9 Å². The van der Waals surface area contributed by atoms with Crippen LogP contribution in [0.15, 0.2) is 35.2 Å². The highest BCUT2D eigenvalue weighted by molar-refractivity contribution is 7.89. The number of piperidine rings is 1. The number of hydrogen-bond acceptors (Lipinski definition) is 5. The van der Waals surface area contributed by atoms with E-state index in [9.17, 15) is 13.2 Å². The molecule has 0 aliphatic carbocycles. The summed E-state index contributed by atoms with van der Waals surface area (Å²) in [4.78, 5) is 12.5. The van der Waals surface area contributed by atoms with Gasteiger partial charge < -0.3 is 15.4 Å². The van der Waals surface area contributed by atoms with Gasteiger partial charge in [0, 0.05) is 20.2 Å². The molecule has 1 saturated heterocycles. The number of sulfonamides is 1. The standard InChI is InChI=1S/C15H23N3O4S.ClH/c1-22-15(7-9-16-10-8-15)14(19)17-11-12-18-23(20,21)13-5-3-2-4-6-13;/h2-6,16,18H,7-12H2,1H3,(H,17,19);1H. The number of ether oxygens (including phenoxy) is 1. The molecule has 1 aromatic carbocycles. The summed E-state index contributed by atoms with van der Waals surface area (Å²) in [5, 5.41) is 5.93. The van der Waals surface area contributed by atoms with Crippen molar-refractivity contribution in [3.63, 3.8) is 0 Å². The van der Waals surface area contributed by atoms with Gasteiger partial charge in [0.15, 0.2) is 0 Å². The summed E-state index contributed by atoms with van der Waals surface area (Å²) in [7, 11) is -2.02. The van der Waals surface area contributed by atoms with Crippen LogP contribution in [0.4, 0.5) is 0 Å². The molecule has 0 bridgehead atoms. The van der Waals surface area contributed by atoms with Crippen molar-refractivity contribution >= 4 is 28.3 Å². The number of carbonyl (C=O) groups excluding carboxylic acids is 1. The summed E-state index contributed by atoms with van der Waals surface area (Å²) in [6, 6.07) is 8.12. The summed E-state index contributed by atoms with van der Waals surface area (Å²) >= 11 is 0. The monoisotopic (exact) mass is 377 g/mol. The predicted octanol–water partition coefficient (Wildman–Crippen LogP) is 0.272. The van der Waals surface area contributed by atoms with Crippen LogP contribution < -0.4 is 15.4 Å². The fraction of sp³-hybridized carbons (Fsp3) is 0.533. The lowest BCUT2D eigenvalue weighted by molar-refractivity contribution is -0.146. The number of methoxy groups -OCH3 is 1. The van der Waals surface area contributed by atoms with E-state index in [1.54, 1.807) is 18.2 Å². The van der Waals surface area contributed by atoms with Crippen molar-refractivity contribution in [3.8, 4) is 0 Å². The Kier molecular flexibility index (Phi) is 8.11. The first-order valence-electron chi connectivity index (χ1n) is 7.59. The molecule has 2 rings (SSSR count). The minimum absolute atomic E-state index is 0. The van der Waals surface area contributed by atoms with Gasteiger partial charge in [-0.25, -0.2) is 13.1 Å². The van der Waals surface area contributed by atoms with Gasteiger partial charge in [0.05, 0.1) is 4.90 Å². The van der Waals surface area contributed by atoms with Crippen LogP contribution >= 0.6 is 12.4 Å². The van der Waals surface area contributed by atoms with Crippen LogP contribution in [-0.2, 0) is 19.6 Å². The number of hydrogen-bond donors (Lipinski definition) is 3. The maximum Gasteiger partial charge on any atom is 0.252 e. The molecule has 0 aromatic heterocycles. The van der Waals surface area contributed by atoms with E-state index >= 15 is 0 Å². The third kappa shape index (κ3) is 5.15. The maximum absolute atomic E-state index is 12.3. The number of carbonyl (C=O) groups is 1. The van der Waals surface area contributed by atoms with Gasteiger partial charge in [-0.1, -0.05) is 18.2 Å². The van der Waals surface area contributed by atoms with Gasteiger partial charge in [0.1, 0.15) is 5.60 Å². The largest absolute Gasteiger partial charge is 0.368 e. The lowest BCUT2D eigenvalue weighted by Crippen LogP contribution is -2.54. The van der Waals surface area contributed by atoms with Gasteiger partial charge in [-0.3, -0.25) is 4.79 Å². The molecule has 0 atom stereocenters. The van der Waals surface area contributed by atoms with E-state index in [1.807, 2.05) is 0 Å². The van der Waals surface area contributed by atoms with E-state index in [1.165, 1.54) is 19.2 Å². The van der Waals surface area contributed by atoms with Crippen molar-refractivity contribution in [3.05, 3.63) is 30.3 Å². The summed E-state index contributed by atoms with van der Waals surface area (Å²) in [6.45, 7) is 1.79. The normalized spacial score (nSPS) is 16.9. The number of nitrogens with one attached hydrogen (secondary N) is 3. The van der Waals surface area contributed by atoms with Crippen LogP contribution in [0.25, 0.3) is 0 Å². The molecule has 1 aliphatic heterocycles. The number of halogens is 1. The molecular formula is C15H24ClN3O4S. The molecule has 3 N–H and O–H groups in total. The Balaban J connectivity index is 0.00000288. The van der Waals surface area contributed by atoms with Crippen LogP contribution in [0.3, 0.4) is 0 Å². The van der Waals surface area contributed by atoms with Crippen LogP contribution in [0.1, 0.15) is 12.8 Å². The molecule has 7 nitrogen and oxygen atoms in total. The van der Waals surface area contributed by atoms with E-state index in [0.717, 1.165) is 13.1 Å². The minimum atomic E-state index is -3.55. The average Bonchev–Trinajstić information content (AvgIpc) is 2.60. The summed E-state index contributed by atoms with van der Waals surface area (Å²) < 4.78 is 32.0. The first-order chi connectivity index (χ1) is 11.0. The predicted molar refractivity (Wildman–Crippen MR) is 93.7 cm³/mol. The minimum Gasteiger partial charge on any atom is -0.368 e. The third-order valence-electron chi connectivity index (χ3n) is 3.97. The molecule has 1 aromatic rings. The number of benzene rings is 1. The van der Waals surface area contributed by atoms with E-state index in [0.29, 0.717) is 12.8 Å². The summed E-state index contributed by atoms with van der Waals surface area (Å²) in [5.74, 6) is -0.194. The highest BCUT2D eigenvalue weighted by atomic mass is 35.5. The Hall–Kier alpha value is -1.19. The molecular weight excluding hydrogens is 354 g/mol. The van der Waals surface area contributed by atoms with Gasteiger partial charge in [-0.05, 0) is 38.1 Å². The Morgan fingerprint density at radius 3 is 2.42 bits per heavy atom. The number of rotatable bonds is 7. The third-order valence-corrected chi connectivity index (χ3v) is 5.45. The summed E-state index contributed by atoms with van der Waals surface area (Å²) in [5.41, 5.74) is -0.816. The second kappa shape index (κ2) is 9.33. The molecule has 1 heterocycles. The fourth-order valence-corrected chi connectivity index (χ4v) is 3.61. The zero-order valence-corrected chi connectivity index (χ0v) is 15.2.